The molecule has 5 nitrogen and oxygen atoms in total. The number of aromatic nitrogens is 1. The topological polar surface area (TPSA) is 63.4 Å². The zero-order valence-electron chi connectivity index (χ0n) is 16.2. The highest BCUT2D eigenvalue weighted by molar-refractivity contribution is 7.14. The van der Waals surface area contributed by atoms with Crippen molar-refractivity contribution < 1.29 is 14.0 Å². The third-order valence-corrected chi connectivity index (χ3v) is 6.60. The van der Waals surface area contributed by atoms with Gasteiger partial charge in [0.25, 0.3) is 5.91 Å². The maximum atomic E-state index is 13.3. The first-order valence-corrected chi connectivity index (χ1v) is 11.0. The zero-order valence-corrected chi connectivity index (χ0v) is 18.5. The molecule has 2 heterocycles. The van der Waals surface area contributed by atoms with Gasteiger partial charge in [0.1, 0.15) is 5.76 Å². The summed E-state index contributed by atoms with van der Waals surface area (Å²) in [5.74, 6) is 0.470. The van der Waals surface area contributed by atoms with Crippen LogP contribution in [0.5, 0.6) is 0 Å². The van der Waals surface area contributed by atoms with Crippen LogP contribution in [0.4, 0.5) is 5.13 Å². The lowest BCUT2D eigenvalue weighted by molar-refractivity contribution is 0.0950. The Hall–Kier alpha value is -2.41. The minimum absolute atomic E-state index is 0.0305. The summed E-state index contributed by atoms with van der Waals surface area (Å²) in [6.07, 6.45) is 3.51. The van der Waals surface area contributed by atoms with E-state index in [1.54, 1.807) is 25.1 Å². The van der Waals surface area contributed by atoms with Crippen molar-refractivity contribution in [3.05, 3.63) is 68.9 Å². The standard InChI is InChI=1S/C22H18Cl2N2O3S/c1-3-9-26(21(28)20-12(2)19-17(27)5-4-6-18(19)29-20)22-25-16(11-30-22)13-7-8-14(23)15(24)10-13/h3,7-8,10-11H,1,4-6,9H2,2H3. The number of amides is 1. The molecule has 1 aromatic carbocycles. The SMILES string of the molecule is C=CCN(C(=O)c1oc2c(c1C)C(=O)CCC2)c1nc(-c2ccc(Cl)c(Cl)c2)cs1. The molecule has 0 unspecified atom stereocenters. The van der Waals surface area contributed by atoms with Crippen LogP contribution in [0.25, 0.3) is 11.3 Å². The molecule has 0 aliphatic heterocycles. The second kappa shape index (κ2) is 8.38. The molecule has 4 rings (SSSR count). The van der Waals surface area contributed by atoms with Crippen LogP contribution in [0, 0.1) is 6.92 Å². The van der Waals surface area contributed by atoms with E-state index in [4.69, 9.17) is 27.6 Å². The van der Waals surface area contributed by atoms with Crippen LogP contribution in [-0.4, -0.2) is 23.2 Å². The monoisotopic (exact) mass is 460 g/mol. The number of nitrogens with zero attached hydrogens (tertiary/aromatic N) is 2. The maximum absolute atomic E-state index is 13.3. The number of hydrogen-bond acceptors (Lipinski definition) is 5. The maximum Gasteiger partial charge on any atom is 0.296 e. The van der Waals surface area contributed by atoms with Gasteiger partial charge in [0.2, 0.25) is 0 Å². The molecule has 154 valence electrons. The Morgan fingerprint density at radius 3 is 2.83 bits per heavy atom. The molecule has 0 radical (unpaired) electrons. The number of furan rings is 1. The van der Waals surface area contributed by atoms with Gasteiger partial charge in [-0.1, -0.05) is 35.3 Å². The number of thiazole rings is 1. The van der Waals surface area contributed by atoms with Crippen LogP contribution in [-0.2, 0) is 6.42 Å². The van der Waals surface area contributed by atoms with Crippen molar-refractivity contribution in [2.75, 3.05) is 11.4 Å². The highest BCUT2D eigenvalue weighted by Crippen LogP contribution is 2.34. The van der Waals surface area contributed by atoms with Crippen LogP contribution in [0.15, 0.2) is 40.7 Å². The summed E-state index contributed by atoms with van der Waals surface area (Å²) in [6.45, 7) is 5.77. The van der Waals surface area contributed by atoms with E-state index in [9.17, 15) is 9.59 Å². The van der Waals surface area contributed by atoms with E-state index in [1.807, 2.05) is 11.4 Å². The molecule has 1 aliphatic carbocycles. The van der Waals surface area contributed by atoms with E-state index in [0.717, 1.165) is 12.0 Å². The molecule has 0 bridgehead atoms. The van der Waals surface area contributed by atoms with E-state index >= 15 is 0 Å². The Kier molecular flexibility index (Phi) is 5.82. The fourth-order valence-electron chi connectivity index (χ4n) is 3.53. The number of carbonyl (C=O) groups excluding carboxylic acids is 2. The lowest BCUT2D eigenvalue weighted by atomic mass is 9.94. The molecule has 0 spiro atoms. The summed E-state index contributed by atoms with van der Waals surface area (Å²) in [6, 6.07) is 5.26. The third kappa shape index (κ3) is 3.71. The van der Waals surface area contributed by atoms with E-state index in [2.05, 4.69) is 11.6 Å². The average molecular weight is 461 g/mol. The van der Waals surface area contributed by atoms with Crippen molar-refractivity contribution in [1.29, 1.82) is 0 Å². The molecule has 2 aromatic heterocycles. The fourth-order valence-corrected chi connectivity index (χ4v) is 4.67. The summed E-state index contributed by atoms with van der Waals surface area (Å²) < 4.78 is 5.84. The Balaban J connectivity index is 1.69. The molecular formula is C22H18Cl2N2O3S. The van der Waals surface area contributed by atoms with Crippen LogP contribution in [0.1, 0.15) is 45.1 Å². The molecule has 1 amide bonds. The summed E-state index contributed by atoms with van der Waals surface area (Å²) >= 11 is 13.4. The summed E-state index contributed by atoms with van der Waals surface area (Å²) in [7, 11) is 0. The van der Waals surface area contributed by atoms with Gasteiger partial charge in [0.05, 0.1) is 21.3 Å². The molecular weight excluding hydrogens is 443 g/mol. The number of halogens is 2. The smallest absolute Gasteiger partial charge is 0.296 e. The molecule has 0 atom stereocenters. The Labute approximate surface area is 187 Å². The van der Waals surface area contributed by atoms with E-state index in [0.29, 0.717) is 50.6 Å². The van der Waals surface area contributed by atoms with Gasteiger partial charge in [-0.05, 0) is 25.5 Å². The average Bonchev–Trinajstić information content (AvgIpc) is 3.33. The molecule has 0 N–H and O–H groups in total. The molecule has 3 aromatic rings. The Morgan fingerprint density at radius 2 is 2.13 bits per heavy atom. The van der Waals surface area contributed by atoms with Crippen LogP contribution < -0.4 is 4.90 Å². The van der Waals surface area contributed by atoms with E-state index in [1.165, 1.54) is 16.2 Å². The van der Waals surface area contributed by atoms with Crippen molar-refractivity contribution in [2.45, 2.75) is 26.2 Å². The number of anilines is 1. The summed E-state index contributed by atoms with van der Waals surface area (Å²) in [4.78, 5) is 31.7. The van der Waals surface area contributed by atoms with Gasteiger partial charge in [-0.15, -0.1) is 17.9 Å². The van der Waals surface area contributed by atoms with E-state index < -0.39 is 0 Å². The molecule has 0 saturated carbocycles. The highest BCUT2D eigenvalue weighted by atomic mass is 35.5. The van der Waals surface area contributed by atoms with Crippen LogP contribution in [0.2, 0.25) is 10.0 Å². The number of carbonyl (C=O) groups is 2. The predicted octanol–water partition coefficient (Wildman–Crippen LogP) is 6.37. The minimum Gasteiger partial charge on any atom is -0.455 e. The van der Waals surface area contributed by atoms with Crippen molar-refractivity contribution in [3.63, 3.8) is 0 Å². The van der Waals surface area contributed by atoms with Crippen molar-refractivity contribution in [2.24, 2.45) is 0 Å². The summed E-state index contributed by atoms with van der Waals surface area (Å²) in [5, 5.41) is 3.25. The highest BCUT2D eigenvalue weighted by Gasteiger charge is 2.31. The Bertz CT molecular complexity index is 1170. The third-order valence-electron chi connectivity index (χ3n) is 5.00. The van der Waals surface area contributed by atoms with Crippen molar-refractivity contribution in [1.82, 2.24) is 4.98 Å². The molecule has 1 aliphatic rings. The number of fused-ring (bicyclic) bond motifs is 1. The molecule has 8 heteroatoms. The minimum atomic E-state index is -0.343. The molecule has 30 heavy (non-hydrogen) atoms. The fraction of sp³-hybridized carbons (Fsp3) is 0.227. The number of hydrogen-bond donors (Lipinski definition) is 0. The van der Waals surface area contributed by atoms with Gasteiger partial charge in [0, 0.05) is 35.9 Å². The van der Waals surface area contributed by atoms with Crippen molar-refractivity contribution in [3.8, 4) is 11.3 Å². The van der Waals surface area contributed by atoms with Gasteiger partial charge >= 0.3 is 0 Å². The lowest BCUT2D eigenvalue weighted by Gasteiger charge is -2.17. The number of Topliss-reactive ketones (excluding diaryl/α,β-unsaturated/α-hetero) is 1. The van der Waals surface area contributed by atoms with Gasteiger partial charge in [0.15, 0.2) is 16.7 Å². The number of benzene rings is 1. The quantitative estimate of drug-likeness (QED) is 0.414. The normalized spacial score (nSPS) is 13.2. The predicted molar refractivity (Wildman–Crippen MR) is 120 cm³/mol. The number of ketones is 1. The molecule has 0 saturated heterocycles. The first-order chi connectivity index (χ1) is 14.4. The largest absolute Gasteiger partial charge is 0.455 e. The Morgan fingerprint density at radius 1 is 1.33 bits per heavy atom. The van der Waals surface area contributed by atoms with Crippen LogP contribution in [0.3, 0.4) is 0 Å². The molecule has 0 fully saturated rings. The second-order valence-corrected chi connectivity index (χ2v) is 8.63. The lowest BCUT2D eigenvalue weighted by Crippen LogP contribution is -2.31. The zero-order chi connectivity index (χ0) is 21.4. The first-order valence-electron chi connectivity index (χ1n) is 9.40. The van der Waals surface area contributed by atoms with E-state index in [-0.39, 0.29) is 24.0 Å². The van der Waals surface area contributed by atoms with Crippen molar-refractivity contribution >= 4 is 51.4 Å². The van der Waals surface area contributed by atoms with Gasteiger partial charge in [-0.3, -0.25) is 14.5 Å². The number of aryl methyl sites for hydroxylation is 1. The van der Waals surface area contributed by atoms with Gasteiger partial charge in [-0.2, -0.15) is 0 Å². The summed E-state index contributed by atoms with van der Waals surface area (Å²) in [5.41, 5.74) is 2.63. The first kappa shape index (κ1) is 20.8. The van der Waals surface area contributed by atoms with Gasteiger partial charge < -0.3 is 4.42 Å². The second-order valence-electron chi connectivity index (χ2n) is 6.98. The van der Waals surface area contributed by atoms with Crippen LogP contribution >= 0.6 is 34.5 Å². The van der Waals surface area contributed by atoms with Gasteiger partial charge in [-0.25, -0.2) is 4.98 Å². The number of rotatable bonds is 5.